The van der Waals surface area contributed by atoms with E-state index < -0.39 is 27.3 Å². The molecule has 1 rings (SSSR count). The van der Waals surface area contributed by atoms with Gasteiger partial charge in [-0.25, -0.2) is 4.57 Å². The standard InChI is InChI=1S/C18H30O10P2/c1-5-24-29(4,22)27-13-15(28-30(23,25-6-2)26-7-3)9-11-17(20)16-10-8-14(19)12-18(16)21/h8,10,12,15,19,21H,5-7,9,11,13H2,1-4H3. The molecule has 1 aromatic rings. The quantitative estimate of drug-likeness (QED) is 0.279. The molecule has 0 aliphatic carbocycles. The molecule has 2 atom stereocenters. The van der Waals surface area contributed by atoms with Crippen LogP contribution in [0, 0.1) is 0 Å². The number of phosphoric ester groups is 1. The van der Waals surface area contributed by atoms with Crippen molar-refractivity contribution in [1.29, 1.82) is 0 Å². The van der Waals surface area contributed by atoms with Crippen LogP contribution in [0.4, 0.5) is 0 Å². The third-order valence-electron chi connectivity index (χ3n) is 3.69. The molecule has 0 heterocycles. The molecule has 0 spiro atoms. The van der Waals surface area contributed by atoms with Gasteiger partial charge in [-0.3, -0.25) is 22.9 Å². The molecule has 0 aliphatic rings. The summed E-state index contributed by atoms with van der Waals surface area (Å²) < 4.78 is 51.0. The Bertz CT molecular complexity index is 772. The second kappa shape index (κ2) is 12.6. The molecule has 2 N–H and O–H groups in total. The molecule has 12 heteroatoms. The van der Waals surface area contributed by atoms with Crippen molar-refractivity contribution in [3.8, 4) is 11.5 Å². The number of carbonyl (C=O) groups excluding carboxylic acids is 1. The zero-order valence-corrected chi connectivity index (χ0v) is 19.4. The van der Waals surface area contributed by atoms with Crippen molar-refractivity contribution >= 4 is 21.2 Å². The number of carbonyl (C=O) groups is 1. The van der Waals surface area contributed by atoms with Gasteiger partial charge in [-0.15, -0.1) is 0 Å². The topological polar surface area (TPSA) is 138 Å². The highest BCUT2D eigenvalue weighted by Crippen LogP contribution is 2.52. The summed E-state index contributed by atoms with van der Waals surface area (Å²) in [6.45, 7) is 6.21. The summed E-state index contributed by atoms with van der Waals surface area (Å²) in [5, 5.41) is 19.2. The first-order valence-corrected chi connectivity index (χ1v) is 13.0. The van der Waals surface area contributed by atoms with E-state index in [1.54, 1.807) is 20.8 Å². The van der Waals surface area contributed by atoms with E-state index in [9.17, 15) is 24.1 Å². The van der Waals surface area contributed by atoms with Gasteiger partial charge in [0.25, 0.3) is 0 Å². The fraction of sp³-hybridized carbons (Fsp3) is 0.611. The van der Waals surface area contributed by atoms with Gasteiger partial charge in [0.2, 0.25) is 0 Å². The van der Waals surface area contributed by atoms with Crippen molar-refractivity contribution in [3.63, 3.8) is 0 Å². The van der Waals surface area contributed by atoms with Gasteiger partial charge in [0, 0.05) is 19.2 Å². The van der Waals surface area contributed by atoms with Gasteiger partial charge in [0.1, 0.15) is 11.5 Å². The molecule has 2 unspecified atom stereocenters. The number of phenols is 2. The highest BCUT2D eigenvalue weighted by Gasteiger charge is 2.32. The lowest BCUT2D eigenvalue weighted by atomic mass is 10.0. The number of aromatic hydroxyl groups is 2. The zero-order chi connectivity index (χ0) is 22.8. The molecule has 0 aliphatic heterocycles. The molecule has 0 amide bonds. The lowest BCUT2D eigenvalue weighted by Gasteiger charge is -2.24. The van der Waals surface area contributed by atoms with Crippen LogP contribution in [0.15, 0.2) is 18.2 Å². The van der Waals surface area contributed by atoms with Crippen molar-refractivity contribution in [1.82, 2.24) is 0 Å². The van der Waals surface area contributed by atoms with Crippen LogP contribution in [-0.4, -0.2) is 55.2 Å². The third kappa shape index (κ3) is 9.27. The third-order valence-corrected chi connectivity index (χ3v) is 6.74. The van der Waals surface area contributed by atoms with Gasteiger partial charge in [-0.2, -0.15) is 0 Å². The predicted molar refractivity (Wildman–Crippen MR) is 110 cm³/mol. The second-order valence-electron chi connectivity index (χ2n) is 6.16. The fourth-order valence-electron chi connectivity index (χ4n) is 2.44. The van der Waals surface area contributed by atoms with E-state index in [0.29, 0.717) is 0 Å². The van der Waals surface area contributed by atoms with Crippen LogP contribution in [0.1, 0.15) is 44.0 Å². The summed E-state index contributed by atoms with van der Waals surface area (Å²) in [6, 6.07) is 3.62. The molecule has 30 heavy (non-hydrogen) atoms. The Kier molecular flexibility index (Phi) is 11.2. The van der Waals surface area contributed by atoms with Crippen LogP contribution in [0.2, 0.25) is 0 Å². The van der Waals surface area contributed by atoms with E-state index >= 15 is 0 Å². The molecule has 1 aromatic carbocycles. The highest BCUT2D eigenvalue weighted by atomic mass is 31.2. The highest BCUT2D eigenvalue weighted by molar-refractivity contribution is 7.53. The Hall–Kier alpha value is -1.25. The number of Topliss-reactive ketones (excluding diaryl/α,β-unsaturated/α-hetero) is 1. The number of phenolic OH excluding ortho intramolecular Hbond substituents is 2. The summed E-state index contributed by atoms with van der Waals surface area (Å²) >= 11 is 0. The van der Waals surface area contributed by atoms with Crippen LogP contribution in [0.5, 0.6) is 11.5 Å². The van der Waals surface area contributed by atoms with Gasteiger partial charge in [0.05, 0.1) is 38.1 Å². The van der Waals surface area contributed by atoms with Gasteiger partial charge in [0.15, 0.2) is 5.78 Å². The Labute approximate surface area is 176 Å². The Morgan fingerprint density at radius 1 is 1.00 bits per heavy atom. The normalized spacial score (nSPS) is 14.9. The van der Waals surface area contributed by atoms with E-state index in [1.807, 2.05) is 0 Å². The van der Waals surface area contributed by atoms with Crippen molar-refractivity contribution in [2.75, 3.05) is 33.1 Å². The number of phosphoric acid groups is 1. The van der Waals surface area contributed by atoms with Crippen LogP contribution >= 0.6 is 15.4 Å². The number of hydrogen-bond donors (Lipinski definition) is 2. The van der Waals surface area contributed by atoms with Crippen LogP contribution < -0.4 is 0 Å². The molecule has 0 saturated heterocycles. The SMILES string of the molecule is CCOP(C)(=O)OCC(CCC(=O)c1ccc(O)cc1O)OP(=O)(OCC)OCC. The minimum atomic E-state index is -3.93. The van der Waals surface area contributed by atoms with Gasteiger partial charge in [-0.05, 0) is 39.3 Å². The molecular weight excluding hydrogens is 438 g/mol. The Morgan fingerprint density at radius 2 is 1.60 bits per heavy atom. The smallest absolute Gasteiger partial charge is 0.475 e. The summed E-state index contributed by atoms with van der Waals surface area (Å²) in [5.41, 5.74) is 0.0146. The minimum Gasteiger partial charge on any atom is -0.508 e. The monoisotopic (exact) mass is 468 g/mol. The molecular formula is C18H30O10P2. The number of ketones is 1. The second-order valence-corrected chi connectivity index (χ2v) is 9.84. The average molecular weight is 468 g/mol. The van der Waals surface area contributed by atoms with Crippen LogP contribution in [0.25, 0.3) is 0 Å². The van der Waals surface area contributed by atoms with E-state index in [2.05, 4.69) is 0 Å². The average Bonchev–Trinajstić information content (AvgIpc) is 2.64. The van der Waals surface area contributed by atoms with Crippen LogP contribution in [-0.2, 0) is 31.7 Å². The number of benzene rings is 1. The molecule has 0 fully saturated rings. The first kappa shape index (κ1) is 26.8. The van der Waals surface area contributed by atoms with Gasteiger partial charge < -0.3 is 19.3 Å². The lowest BCUT2D eigenvalue weighted by Crippen LogP contribution is -2.21. The van der Waals surface area contributed by atoms with E-state index in [4.69, 9.17) is 22.6 Å². The van der Waals surface area contributed by atoms with Crippen molar-refractivity contribution < 1.29 is 46.8 Å². The zero-order valence-electron chi connectivity index (χ0n) is 17.6. The molecule has 0 radical (unpaired) electrons. The maximum absolute atomic E-state index is 12.7. The number of hydrogen-bond acceptors (Lipinski definition) is 10. The van der Waals surface area contributed by atoms with Crippen molar-refractivity contribution in [3.05, 3.63) is 23.8 Å². The van der Waals surface area contributed by atoms with E-state index in [-0.39, 0.29) is 56.3 Å². The van der Waals surface area contributed by atoms with Crippen molar-refractivity contribution in [2.45, 2.75) is 39.7 Å². The lowest BCUT2D eigenvalue weighted by molar-refractivity contribution is 0.0473. The fourth-order valence-corrected chi connectivity index (χ4v) is 4.78. The largest absolute Gasteiger partial charge is 0.508 e. The maximum atomic E-state index is 12.7. The Balaban J connectivity index is 2.91. The summed E-state index contributed by atoms with van der Waals surface area (Å²) in [5.74, 6) is -0.978. The van der Waals surface area contributed by atoms with Crippen LogP contribution in [0.3, 0.4) is 0 Å². The molecule has 10 nitrogen and oxygen atoms in total. The minimum absolute atomic E-state index is 0.00934. The Morgan fingerprint density at radius 3 is 2.13 bits per heavy atom. The molecule has 0 saturated carbocycles. The summed E-state index contributed by atoms with van der Waals surface area (Å²) in [6.07, 6.45) is -1.08. The first-order valence-electron chi connectivity index (χ1n) is 9.55. The number of rotatable bonds is 15. The first-order chi connectivity index (χ1) is 14.1. The molecule has 0 aromatic heterocycles. The van der Waals surface area contributed by atoms with E-state index in [0.717, 1.165) is 6.07 Å². The molecule has 172 valence electrons. The van der Waals surface area contributed by atoms with Crippen molar-refractivity contribution in [2.24, 2.45) is 0 Å². The van der Waals surface area contributed by atoms with E-state index in [1.165, 1.54) is 18.8 Å². The summed E-state index contributed by atoms with van der Waals surface area (Å²) in [4.78, 5) is 12.5. The molecule has 0 bridgehead atoms. The van der Waals surface area contributed by atoms with Gasteiger partial charge >= 0.3 is 15.4 Å². The van der Waals surface area contributed by atoms with Gasteiger partial charge in [-0.1, -0.05) is 0 Å². The summed E-state index contributed by atoms with van der Waals surface area (Å²) in [7, 11) is -7.29. The predicted octanol–water partition coefficient (Wildman–Crippen LogP) is 4.50. The maximum Gasteiger partial charge on any atom is 0.475 e.